The van der Waals surface area contributed by atoms with Gasteiger partial charge in [0, 0.05) is 45.3 Å². The zero-order valence-electron chi connectivity index (χ0n) is 31.7. The van der Waals surface area contributed by atoms with E-state index in [2.05, 4.69) is 174 Å². The molecule has 7 aromatic carbocycles. The Balaban J connectivity index is 1.14. The van der Waals surface area contributed by atoms with Gasteiger partial charge in [-0.2, -0.15) is 0 Å². The van der Waals surface area contributed by atoms with Crippen LogP contribution in [0.2, 0.25) is 0 Å². The summed E-state index contributed by atoms with van der Waals surface area (Å²) < 4.78 is 11.9. The van der Waals surface area contributed by atoms with Crippen molar-refractivity contribution in [2.24, 2.45) is 0 Å². The maximum atomic E-state index is 5.98. The maximum absolute atomic E-state index is 5.98. The summed E-state index contributed by atoms with van der Waals surface area (Å²) in [6.45, 7) is 3.97. The molecule has 9 aromatic rings. The first-order valence-corrected chi connectivity index (χ1v) is 19.5. The number of rotatable bonds is 6. The molecule has 2 aromatic heterocycles. The molecule has 0 N–H and O–H groups in total. The molecule has 57 heavy (non-hydrogen) atoms. The van der Waals surface area contributed by atoms with Crippen LogP contribution in [0.25, 0.3) is 44.9 Å². The largest absolute Gasteiger partial charge is 0.461 e. The molecule has 4 nitrogen and oxygen atoms in total. The van der Waals surface area contributed by atoms with Crippen LogP contribution < -0.4 is 26.2 Å². The molecule has 0 saturated heterocycles. The molecule has 0 aliphatic carbocycles. The van der Waals surface area contributed by atoms with Crippen LogP contribution in [0.3, 0.4) is 0 Å². The average molecular weight is 733 g/mol. The van der Waals surface area contributed by atoms with Gasteiger partial charge in [0.1, 0.15) is 23.0 Å². The number of para-hydroxylation sites is 3. The van der Waals surface area contributed by atoms with Crippen molar-refractivity contribution in [3.63, 3.8) is 0 Å². The molecule has 2 aliphatic heterocycles. The molecule has 0 unspecified atom stereocenters. The van der Waals surface area contributed by atoms with E-state index in [4.69, 9.17) is 8.83 Å². The Morgan fingerprint density at radius 2 is 0.807 bits per heavy atom. The maximum Gasteiger partial charge on any atom is 0.252 e. The summed E-state index contributed by atoms with van der Waals surface area (Å²) in [7, 11) is 0. The predicted octanol–water partition coefficient (Wildman–Crippen LogP) is 12.2. The second-order valence-corrected chi connectivity index (χ2v) is 15.0. The third-order valence-electron chi connectivity index (χ3n) is 11.5. The van der Waals surface area contributed by atoms with Crippen LogP contribution >= 0.6 is 0 Å². The van der Waals surface area contributed by atoms with Gasteiger partial charge in [0.25, 0.3) is 6.71 Å². The number of benzene rings is 7. The van der Waals surface area contributed by atoms with E-state index in [-0.39, 0.29) is 6.71 Å². The summed E-state index contributed by atoms with van der Waals surface area (Å²) in [6.07, 6.45) is 0. The topological polar surface area (TPSA) is 32.8 Å². The zero-order valence-corrected chi connectivity index (χ0v) is 31.7. The smallest absolute Gasteiger partial charge is 0.252 e. The van der Waals surface area contributed by atoms with Gasteiger partial charge in [-0.3, -0.25) is 0 Å². The van der Waals surface area contributed by atoms with E-state index in [1.54, 1.807) is 0 Å². The lowest BCUT2D eigenvalue weighted by Gasteiger charge is -2.44. The minimum absolute atomic E-state index is 0.00469. The third kappa shape index (κ3) is 5.54. The molecule has 0 atom stereocenters. The Morgan fingerprint density at radius 1 is 0.351 bits per heavy atom. The van der Waals surface area contributed by atoms with Crippen molar-refractivity contribution in [2.75, 3.05) is 9.80 Å². The molecule has 0 amide bonds. The second-order valence-electron chi connectivity index (χ2n) is 15.0. The Bertz CT molecular complexity index is 2910. The first kappa shape index (κ1) is 33.1. The lowest BCUT2D eigenvalue weighted by Crippen LogP contribution is -2.61. The number of nitrogens with zero attached hydrogens (tertiary/aromatic N) is 2. The molecule has 5 heteroatoms. The summed E-state index contributed by atoms with van der Waals surface area (Å²) in [5.41, 5.74) is 17.6. The minimum Gasteiger partial charge on any atom is -0.461 e. The number of fused-ring (bicyclic) bond motifs is 4. The molecule has 0 spiro atoms. The minimum atomic E-state index is 0.00469. The van der Waals surface area contributed by atoms with Crippen LogP contribution in [0.15, 0.2) is 197 Å². The number of hydrogen-bond donors (Lipinski definition) is 0. The Labute approximate surface area is 333 Å². The van der Waals surface area contributed by atoms with Gasteiger partial charge in [-0.1, -0.05) is 115 Å². The number of hydrogen-bond acceptors (Lipinski definition) is 4. The van der Waals surface area contributed by atoms with Crippen molar-refractivity contribution in [3.8, 4) is 44.9 Å². The van der Waals surface area contributed by atoms with Gasteiger partial charge in [-0.05, 0) is 125 Å². The third-order valence-corrected chi connectivity index (χ3v) is 11.5. The highest BCUT2D eigenvalue weighted by Crippen LogP contribution is 2.46. The van der Waals surface area contributed by atoms with E-state index in [9.17, 15) is 0 Å². The SMILES string of the molecule is Cc1ccc(-c2ccc(-c3ccc4c(c3)B3c5ccccc5N(c5ccccc5)c5cc(-c6ccc(-c7ccc(C)o7)cc6)cc(c53)N4c3ccccc3)cc2)o1. The molecule has 2 aliphatic rings. The molecule has 0 fully saturated rings. The van der Waals surface area contributed by atoms with E-state index in [0.29, 0.717) is 0 Å². The molecule has 11 rings (SSSR count). The summed E-state index contributed by atoms with van der Waals surface area (Å²) in [5, 5.41) is 0. The van der Waals surface area contributed by atoms with E-state index in [0.717, 1.165) is 56.7 Å². The Kier molecular flexibility index (Phi) is 7.68. The van der Waals surface area contributed by atoms with Gasteiger partial charge in [-0.25, -0.2) is 0 Å². The molecular weight excluding hydrogens is 695 g/mol. The molecule has 270 valence electrons. The predicted molar refractivity (Wildman–Crippen MR) is 236 cm³/mol. The molecule has 0 radical (unpaired) electrons. The Hall–Kier alpha value is -7.24. The summed E-state index contributed by atoms with van der Waals surface area (Å²) in [5.74, 6) is 3.58. The Morgan fingerprint density at radius 3 is 1.33 bits per heavy atom. The first-order chi connectivity index (χ1) is 28.1. The number of anilines is 6. The highest BCUT2D eigenvalue weighted by Gasteiger charge is 2.43. The fourth-order valence-corrected chi connectivity index (χ4v) is 8.84. The number of aryl methyl sites for hydroxylation is 2. The van der Waals surface area contributed by atoms with Crippen LogP contribution in [-0.2, 0) is 0 Å². The fraction of sp³-hybridized carbons (Fsp3) is 0.0385. The summed E-state index contributed by atoms with van der Waals surface area (Å²) >= 11 is 0. The van der Waals surface area contributed by atoms with Crippen LogP contribution in [0.5, 0.6) is 0 Å². The van der Waals surface area contributed by atoms with Gasteiger partial charge < -0.3 is 18.6 Å². The first-order valence-electron chi connectivity index (χ1n) is 19.5. The summed E-state index contributed by atoms with van der Waals surface area (Å²) in [4.78, 5) is 4.93. The van der Waals surface area contributed by atoms with E-state index in [1.165, 1.54) is 50.3 Å². The van der Waals surface area contributed by atoms with Crippen LogP contribution in [0, 0.1) is 13.8 Å². The zero-order chi connectivity index (χ0) is 38.0. The normalized spacial score (nSPS) is 12.6. The van der Waals surface area contributed by atoms with E-state index < -0.39 is 0 Å². The average Bonchev–Trinajstić information content (AvgIpc) is 3.92. The van der Waals surface area contributed by atoms with Crippen LogP contribution in [-0.4, -0.2) is 6.71 Å². The van der Waals surface area contributed by atoms with E-state index in [1.807, 2.05) is 38.1 Å². The van der Waals surface area contributed by atoms with Crippen molar-refractivity contribution >= 4 is 57.2 Å². The highest BCUT2D eigenvalue weighted by molar-refractivity contribution is 7.00. The van der Waals surface area contributed by atoms with Crippen molar-refractivity contribution < 1.29 is 8.83 Å². The van der Waals surface area contributed by atoms with Crippen LogP contribution in [0.4, 0.5) is 34.1 Å². The van der Waals surface area contributed by atoms with Gasteiger partial charge in [0.05, 0.1) is 0 Å². The van der Waals surface area contributed by atoms with Gasteiger partial charge in [0.2, 0.25) is 0 Å². The van der Waals surface area contributed by atoms with Crippen molar-refractivity contribution in [2.45, 2.75) is 13.8 Å². The van der Waals surface area contributed by atoms with Crippen molar-refractivity contribution in [3.05, 3.63) is 200 Å². The monoisotopic (exact) mass is 732 g/mol. The van der Waals surface area contributed by atoms with Crippen molar-refractivity contribution in [1.82, 2.24) is 0 Å². The lowest BCUT2D eigenvalue weighted by atomic mass is 9.33. The van der Waals surface area contributed by atoms with Gasteiger partial charge >= 0.3 is 0 Å². The molecule has 0 bridgehead atoms. The number of furan rings is 2. The molecule has 0 saturated carbocycles. The second kappa shape index (κ2) is 13.2. The fourth-order valence-electron chi connectivity index (χ4n) is 8.84. The van der Waals surface area contributed by atoms with Gasteiger partial charge in [-0.15, -0.1) is 0 Å². The van der Waals surface area contributed by atoms with E-state index >= 15 is 0 Å². The standard InChI is InChI=1S/C52H37BN2O2/c1-34-17-29-50(56-34)38-23-19-36(20-24-38)40-27-28-47-45(31-40)53-44-15-9-10-16-46(44)54(42-11-5-3-6-12-42)48-32-41(33-49(52(48)53)55(47)43-13-7-4-8-14-43)37-21-25-39(26-22-37)51-30-18-35(2)57-51/h3-33H,1-2H3. The highest BCUT2D eigenvalue weighted by atomic mass is 16.3. The molecule has 4 heterocycles. The molecular formula is C52H37BN2O2. The van der Waals surface area contributed by atoms with Crippen LogP contribution in [0.1, 0.15) is 11.5 Å². The quantitative estimate of drug-likeness (QED) is 0.159. The van der Waals surface area contributed by atoms with Gasteiger partial charge in [0.15, 0.2) is 0 Å². The summed E-state index contributed by atoms with van der Waals surface area (Å²) in [6, 6.07) is 68.0. The van der Waals surface area contributed by atoms with Crippen molar-refractivity contribution in [1.29, 1.82) is 0 Å². The lowest BCUT2D eigenvalue weighted by molar-refractivity contribution is 0.548.